The molecule has 0 saturated heterocycles. The molecule has 10 rings (SSSR count). The first kappa shape index (κ1) is 42.8. The molecule has 0 radical (unpaired) electrons. The molecule has 0 unspecified atom stereocenters. The number of nitrogens with zero attached hydrogens (tertiary/aromatic N) is 2. The van der Waals surface area contributed by atoms with Crippen molar-refractivity contribution >= 4 is 66.4 Å². The van der Waals surface area contributed by atoms with E-state index in [0.717, 1.165) is 34.1 Å². The van der Waals surface area contributed by atoms with Gasteiger partial charge in [0.05, 0.1) is 11.4 Å². The smallest absolute Gasteiger partial charge is 0.0561 e. The van der Waals surface area contributed by atoms with E-state index in [1.165, 1.54) is 82.4 Å². The zero-order valence-electron chi connectivity index (χ0n) is 39.9. The molecule has 0 saturated carbocycles. The summed E-state index contributed by atoms with van der Waals surface area (Å²) in [4.78, 5) is 5.05. The topological polar surface area (TPSA) is 6.48 Å². The Morgan fingerprint density at radius 2 is 0.788 bits per heavy atom. The first-order valence-corrected chi connectivity index (χ1v) is 23.7. The highest BCUT2D eigenvalue weighted by Crippen LogP contribution is 2.52. The van der Waals surface area contributed by atoms with Gasteiger partial charge < -0.3 is 9.80 Å². The number of rotatable bonds is 10. The Bertz CT molecular complexity index is 3160. The quantitative estimate of drug-likeness (QED) is 0.126. The lowest BCUT2D eigenvalue weighted by Gasteiger charge is -2.34. The summed E-state index contributed by atoms with van der Waals surface area (Å²) in [7, 11) is 0. The third-order valence-corrected chi connectivity index (χ3v) is 13.7. The predicted octanol–water partition coefficient (Wildman–Crippen LogP) is 19.0. The number of anilines is 6. The molecule has 66 heavy (non-hydrogen) atoms. The van der Waals surface area contributed by atoms with Crippen LogP contribution in [0, 0.1) is 13.8 Å². The van der Waals surface area contributed by atoms with E-state index in [2.05, 4.69) is 260 Å². The van der Waals surface area contributed by atoms with Gasteiger partial charge in [-0.15, -0.1) is 0 Å². The number of aryl methyl sites for hydroxylation is 2. The Morgan fingerprint density at radius 3 is 1.20 bits per heavy atom. The third kappa shape index (κ3) is 7.59. The Morgan fingerprint density at radius 1 is 0.379 bits per heavy atom. The van der Waals surface area contributed by atoms with Crippen LogP contribution in [0.2, 0.25) is 0 Å². The van der Waals surface area contributed by atoms with Gasteiger partial charge in [-0.2, -0.15) is 0 Å². The van der Waals surface area contributed by atoms with Crippen molar-refractivity contribution in [2.45, 2.75) is 79.6 Å². The van der Waals surface area contributed by atoms with Gasteiger partial charge in [-0.05, 0) is 140 Å². The number of hydrogen-bond donors (Lipinski definition) is 0. The van der Waals surface area contributed by atoms with Crippen molar-refractivity contribution in [2.75, 3.05) is 9.80 Å². The molecule has 0 aliphatic carbocycles. The average Bonchev–Trinajstić information content (AvgIpc) is 3.32. The maximum absolute atomic E-state index is 2.53. The van der Waals surface area contributed by atoms with E-state index < -0.39 is 0 Å². The van der Waals surface area contributed by atoms with E-state index in [1.54, 1.807) is 0 Å². The molecule has 2 heteroatoms. The molecule has 0 bridgehead atoms. The summed E-state index contributed by atoms with van der Waals surface area (Å²) in [5.74, 6) is 0.778. The highest BCUT2D eigenvalue weighted by Gasteiger charge is 2.27. The van der Waals surface area contributed by atoms with E-state index in [-0.39, 0.29) is 5.41 Å². The van der Waals surface area contributed by atoms with Gasteiger partial charge in [0, 0.05) is 38.9 Å². The van der Waals surface area contributed by atoms with Crippen molar-refractivity contribution in [3.05, 3.63) is 216 Å². The minimum Gasteiger partial charge on any atom is -0.310 e. The van der Waals surface area contributed by atoms with Gasteiger partial charge in [0.2, 0.25) is 0 Å². The first-order valence-electron chi connectivity index (χ1n) is 23.7. The molecular formula is C64H60N2. The molecule has 0 heterocycles. The SMILES string of the molecule is Cc1ccc(-c2ccccc2C(C)C)cc1N(c1ccccc1)c1cc(N(c2ccccc2)c2cc(-c3ccccc3C(C)C)ccc2C)c2ccc3cc(C(C)(C)C)cc4ccc1c2c43. The molecule has 0 amide bonds. The van der Waals surface area contributed by atoms with Crippen LogP contribution in [-0.4, -0.2) is 0 Å². The van der Waals surface area contributed by atoms with E-state index >= 15 is 0 Å². The fourth-order valence-electron chi connectivity index (χ4n) is 10.2. The monoisotopic (exact) mass is 856 g/mol. The van der Waals surface area contributed by atoms with Crippen molar-refractivity contribution in [1.82, 2.24) is 0 Å². The molecular weight excluding hydrogens is 797 g/mol. The standard InChI is InChI=1S/C64H60N2/c1-41(2)52-24-16-18-26-54(52)45-30-28-43(5)58(38-45)65(50-20-12-10-13-21-50)60-40-61(57-35-33-48-37-49(64(7,8)9)36-47-32-34-56(60)63(57)62(47)48)66(51-22-14-11-15-23-51)59-39-46(31-29-44(59)6)55-27-19-17-25-53(55)42(3)4/h10-42H,1-9H3. The van der Waals surface area contributed by atoms with Gasteiger partial charge in [-0.25, -0.2) is 0 Å². The van der Waals surface area contributed by atoms with Crippen LogP contribution in [0.4, 0.5) is 34.1 Å². The Kier molecular flexibility index (Phi) is 11.0. The molecule has 0 aromatic heterocycles. The van der Waals surface area contributed by atoms with Gasteiger partial charge in [0.15, 0.2) is 0 Å². The molecule has 0 fully saturated rings. The van der Waals surface area contributed by atoms with E-state index in [9.17, 15) is 0 Å². The minimum absolute atomic E-state index is 0.00243. The van der Waals surface area contributed by atoms with Crippen LogP contribution >= 0.6 is 0 Å². The van der Waals surface area contributed by atoms with Crippen molar-refractivity contribution < 1.29 is 0 Å². The van der Waals surface area contributed by atoms with Crippen molar-refractivity contribution in [2.24, 2.45) is 0 Å². The van der Waals surface area contributed by atoms with E-state index in [1.807, 2.05) is 0 Å². The number of hydrogen-bond acceptors (Lipinski definition) is 2. The molecule has 2 nitrogen and oxygen atoms in total. The molecule has 326 valence electrons. The summed E-state index contributed by atoms with van der Waals surface area (Å²) in [5.41, 5.74) is 18.2. The van der Waals surface area contributed by atoms with Crippen molar-refractivity contribution in [3.63, 3.8) is 0 Å². The van der Waals surface area contributed by atoms with Crippen LogP contribution in [0.3, 0.4) is 0 Å². The Labute approximate surface area is 392 Å². The zero-order chi connectivity index (χ0) is 45.9. The summed E-state index contributed by atoms with van der Waals surface area (Å²) < 4.78 is 0. The maximum Gasteiger partial charge on any atom is 0.0561 e. The molecule has 0 N–H and O–H groups in total. The molecule has 0 aliphatic heterocycles. The van der Waals surface area contributed by atoms with Crippen LogP contribution in [0.1, 0.15) is 88.1 Å². The third-order valence-electron chi connectivity index (χ3n) is 13.7. The van der Waals surface area contributed by atoms with Crippen LogP contribution in [0.25, 0.3) is 54.6 Å². The van der Waals surface area contributed by atoms with Gasteiger partial charge in [0.1, 0.15) is 0 Å². The molecule has 10 aromatic carbocycles. The summed E-state index contributed by atoms with van der Waals surface area (Å²) in [5, 5.41) is 7.55. The van der Waals surface area contributed by atoms with Crippen molar-refractivity contribution in [3.8, 4) is 22.3 Å². The fraction of sp³-hybridized carbons (Fsp3) is 0.188. The van der Waals surface area contributed by atoms with Gasteiger partial charge >= 0.3 is 0 Å². The average molecular weight is 857 g/mol. The highest BCUT2D eigenvalue weighted by atomic mass is 15.2. The summed E-state index contributed by atoms with van der Waals surface area (Å²) in [6.07, 6.45) is 0. The Balaban J connectivity index is 1.33. The molecule has 10 aromatic rings. The second-order valence-corrected chi connectivity index (χ2v) is 19.9. The van der Waals surface area contributed by atoms with E-state index in [0.29, 0.717) is 11.8 Å². The lowest BCUT2D eigenvalue weighted by atomic mass is 9.83. The molecule has 0 aliphatic rings. The lowest BCUT2D eigenvalue weighted by Crippen LogP contribution is -2.16. The second kappa shape index (κ2) is 17.0. The summed E-state index contributed by atoms with van der Waals surface area (Å²) >= 11 is 0. The largest absolute Gasteiger partial charge is 0.310 e. The zero-order valence-corrected chi connectivity index (χ0v) is 39.9. The summed E-state index contributed by atoms with van der Waals surface area (Å²) in [6, 6.07) is 70.7. The van der Waals surface area contributed by atoms with Crippen molar-refractivity contribution in [1.29, 1.82) is 0 Å². The number of benzene rings is 10. The fourth-order valence-corrected chi connectivity index (χ4v) is 10.2. The van der Waals surface area contributed by atoms with Gasteiger partial charge in [0.25, 0.3) is 0 Å². The molecule has 0 spiro atoms. The Hall–Kier alpha value is -7.16. The number of para-hydroxylation sites is 2. The maximum atomic E-state index is 2.53. The molecule has 0 atom stereocenters. The van der Waals surface area contributed by atoms with Gasteiger partial charge in [-0.1, -0.05) is 194 Å². The summed E-state index contributed by atoms with van der Waals surface area (Å²) in [6.45, 7) is 20.6. The normalized spacial score (nSPS) is 12.0. The van der Waals surface area contributed by atoms with Crippen LogP contribution < -0.4 is 9.80 Å². The van der Waals surface area contributed by atoms with E-state index in [4.69, 9.17) is 0 Å². The first-order chi connectivity index (χ1) is 31.9. The van der Waals surface area contributed by atoms with Crippen LogP contribution in [-0.2, 0) is 5.41 Å². The second-order valence-electron chi connectivity index (χ2n) is 19.9. The lowest BCUT2D eigenvalue weighted by molar-refractivity contribution is 0.591. The van der Waals surface area contributed by atoms with Gasteiger partial charge in [-0.3, -0.25) is 0 Å². The predicted molar refractivity (Wildman–Crippen MR) is 287 cm³/mol. The van der Waals surface area contributed by atoms with Crippen LogP contribution in [0.15, 0.2) is 188 Å². The minimum atomic E-state index is 0.00243. The van der Waals surface area contributed by atoms with Crippen LogP contribution in [0.5, 0.6) is 0 Å². The highest BCUT2D eigenvalue weighted by molar-refractivity contribution is 6.29.